The van der Waals surface area contributed by atoms with Gasteiger partial charge in [-0.25, -0.2) is 0 Å². The van der Waals surface area contributed by atoms with E-state index in [4.69, 9.17) is 5.84 Å². The number of rotatable bonds is 7. The van der Waals surface area contributed by atoms with E-state index in [9.17, 15) is 0 Å². The normalized spacial score (nSPS) is 11.0. The highest BCUT2D eigenvalue weighted by Crippen LogP contribution is 2.06. The number of nitrogens with two attached hydrogens (primary N) is 1. The molecule has 0 amide bonds. The summed E-state index contributed by atoms with van der Waals surface area (Å²) < 4.78 is 0. The van der Waals surface area contributed by atoms with Gasteiger partial charge in [0.2, 0.25) is 0 Å². The van der Waals surface area contributed by atoms with Crippen molar-refractivity contribution in [1.82, 2.24) is 10.3 Å². The Bertz CT molecular complexity index is 282. The summed E-state index contributed by atoms with van der Waals surface area (Å²) in [5.41, 5.74) is 5.42. The number of likely N-dealkylation sites (N-methyl/N-ethyl adjacent to an activating group) is 1. The van der Waals surface area contributed by atoms with Crippen LogP contribution in [-0.2, 0) is 12.8 Å². The summed E-state index contributed by atoms with van der Waals surface area (Å²) in [5, 5.41) is 0. The van der Waals surface area contributed by atoms with Crippen molar-refractivity contribution < 1.29 is 0 Å². The summed E-state index contributed by atoms with van der Waals surface area (Å²) in [6.07, 6.45) is 2.12. The zero-order chi connectivity index (χ0) is 11.8. The van der Waals surface area contributed by atoms with Crippen molar-refractivity contribution in [3.05, 3.63) is 35.4 Å². The van der Waals surface area contributed by atoms with Gasteiger partial charge in [-0.1, -0.05) is 31.2 Å². The van der Waals surface area contributed by atoms with Crippen molar-refractivity contribution in [1.29, 1.82) is 0 Å². The van der Waals surface area contributed by atoms with Gasteiger partial charge in [0.05, 0.1) is 0 Å². The van der Waals surface area contributed by atoms with E-state index in [-0.39, 0.29) is 0 Å². The second kappa shape index (κ2) is 7.39. The van der Waals surface area contributed by atoms with E-state index in [2.05, 4.69) is 48.6 Å². The quantitative estimate of drug-likeness (QED) is 0.537. The van der Waals surface area contributed by atoms with Gasteiger partial charge in [-0.05, 0) is 37.6 Å². The fraction of sp³-hybridized carbons (Fsp3) is 0.538. The number of hydrogen-bond donors (Lipinski definition) is 2. The van der Waals surface area contributed by atoms with Crippen LogP contribution >= 0.6 is 0 Å². The van der Waals surface area contributed by atoms with Crippen LogP contribution < -0.4 is 11.3 Å². The lowest BCUT2D eigenvalue weighted by Crippen LogP contribution is -2.24. The SMILES string of the molecule is CCN(C)CCc1ccc(CCNN)cc1. The summed E-state index contributed by atoms with van der Waals surface area (Å²) in [6, 6.07) is 8.82. The standard InChI is InChI=1S/C13H23N3/c1-3-16(2)11-9-13-6-4-12(5-7-13)8-10-15-14/h4-7,15H,3,8-11,14H2,1-2H3. The van der Waals surface area contributed by atoms with E-state index in [1.165, 1.54) is 11.1 Å². The molecule has 0 atom stereocenters. The number of nitrogens with zero attached hydrogens (tertiary/aromatic N) is 1. The van der Waals surface area contributed by atoms with E-state index < -0.39 is 0 Å². The Hall–Kier alpha value is -0.900. The van der Waals surface area contributed by atoms with Crippen LogP contribution in [0.15, 0.2) is 24.3 Å². The van der Waals surface area contributed by atoms with Gasteiger partial charge in [0.25, 0.3) is 0 Å². The van der Waals surface area contributed by atoms with Crippen molar-refractivity contribution in [2.75, 3.05) is 26.7 Å². The molecule has 90 valence electrons. The first kappa shape index (κ1) is 13.2. The van der Waals surface area contributed by atoms with Crippen LogP contribution in [0.3, 0.4) is 0 Å². The molecule has 0 aliphatic carbocycles. The molecule has 3 heteroatoms. The fourth-order valence-electron chi connectivity index (χ4n) is 1.57. The highest BCUT2D eigenvalue weighted by atomic mass is 15.2. The predicted octanol–water partition coefficient (Wildman–Crippen LogP) is 1.19. The smallest absolute Gasteiger partial charge is 0.0138 e. The second-order valence-corrected chi connectivity index (χ2v) is 4.17. The zero-order valence-corrected chi connectivity index (χ0v) is 10.4. The van der Waals surface area contributed by atoms with Gasteiger partial charge in [-0.15, -0.1) is 0 Å². The van der Waals surface area contributed by atoms with Gasteiger partial charge < -0.3 is 4.90 Å². The van der Waals surface area contributed by atoms with Crippen molar-refractivity contribution in [3.63, 3.8) is 0 Å². The molecular formula is C13H23N3. The lowest BCUT2D eigenvalue weighted by Gasteiger charge is -2.13. The fourth-order valence-corrected chi connectivity index (χ4v) is 1.57. The summed E-state index contributed by atoms with van der Waals surface area (Å²) in [4.78, 5) is 2.33. The third-order valence-electron chi connectivity index (χ3n) is 2.90. The van der Waals surface area contributed by atoms with Gasteiger partial charge >= 0.3 is 0 Å². The maximum atomic E-state index is 5.25. The van der Waals surface area contributed by atoms with Crippen LogP contribution in [0, 0.1) is 0 Å². The van der Waals surface area contributed by atoms with Crippen molar-refractivity contribution >= 4 is 0 Å². The number of nitrogens with one attached hydrogen (secondary N) is 1. The first-order valence-electron chi connectivity index (χ1n) is 5.96. The summed E-state index contributed by atoms with van der Waals surface area (Å²) in [6.45, 7) is 5.25. The minimum atomic E-state index is 0.831. The van der Waals surface area contributed by atoms with E-state index in [0.717, 1.165) is 32.5 Å². The molecule has 3 N–H and O–H groups in total. The van der Waals surface area contributed by atoms with Crippen LogP contribution in [0.4, 0.5) is 0 Å². The lowest BCUT2D eigenvalue weighted by molar-refractivity contribution is 0.357. The molecule has 1 rings (SSSR count). The molecule has 1 aromatic rings. The molecule has 0 aliphatic heterocycles. The molecule has 0 fully saturated rings. The van der Waals surface area contributed by atoms with Crippen molar-refractivity contribution in [2.24, 2.45) is 5.84 Å². The molecule has 0 unspecified atom stereocenters. The predicted molar refractivity (Wildman–Crippen MR) is 69.2 cm³/mol. The topological polar surface area (TPSA) is 41.3 Å². The summed E-state index contributed by atoms with van der Waals surface area (Å²) in [7, 11) is 2.15. The average Bonchev–Trinajstić information content (AvgIpc) is 2.34. The molecular weight excluding hydrogens is 198 g/mol. The van der Waals surface area contributed by atoms with E-state index in [0.29, 0.717) is 0 Å². The van der Waals surface area contributed by atoms with Crippen LogP contribution in [0.1, 0.15) is 18.1 Å². The molecule has 0 saturated carbocycles. The zero-order valence-electron chi connectivity index (χ0n) is 10.4. The number of hydrogen-bond acceptors (Lipinski definition) is 3. The minimum absolute atomic E-state index is 0.831. The van der Waals surface area contributed by atoms with Crippen LogP contribution in [0.2, 0.25) is 0 Å². The van der Waals surface area contributed by atoms with E-state index >= 15 is 0 Å². The molecule has 1 aromatic carbocycles. The van der Waals surface area contributed by atoms with Crippen molar-refractivity contribution in [3.8, 4) is 0 Å². The number of hydrazine groups is 1. The largest absolute Gasteiger partial charge is 0.306 e. The Balaban J connectivity index is 2.38. The molecule has 0 spiro atoms. The molecule has 0 saturated heterocycles. The van der Waals surface area contributed by atoms with Crippen LogP contribution in [-0.4, -0.2) is 31.6 Å². The monoisotopic (exact) mass is 221 g/mol. The maximum absolute atomic E-state index is 5.25. The Kier molecular flexibility index (Phi) is 6.08. The Morgan fingerprint density at radius 1 is 1.12 bits per heavy atom. The minimum Gasteiger partial charge on any atom is -0.306 e. The van der Waals surface area contributed by atoms with Gasteiger partial charge in [0, 0.05) is 13.1 Å². The van der Waals surface area contributed by atoms with E-state index in [1.807, 2.05) is 0 Å². The average molecular weight is 221 g/mol. The van der Waals surface area contributed by atoms with Crippen LogP contribution in [0.5, 0.6) is 0 Å². The number of benzene rings is 1. The molecule has 16 heavy (non-hydrogen) atoms. The first-order chi connectivity index (χ1) is 7.76. The van der Waals surface area contributed by atoms with Gasteiger partial charge in [0.1, 0.15) is 0 Å². The highest BCUT2D eigenvalue weighted by molar-refractivity contribution is 5.23. The highest BCUT2D eigenvalue weighted by Gasteiger charge is 1.97. The molecule has 0 heterocycles. The second-order valence-electron chi connectivity index (χ2n) is 4.17. The molecule has 0 bridgehead atoms. The molecule has 0 aliphatic rings. The first-order valence-corrected chi connectivity index (χ1v) is 5.96. The van der Waals surface area contributed by atoms with Gasteiger partial charge in [0.15, 0.2) is 0 Å². The lowest BCUT2D eigenvalue weighted by atomic mass is 10.1. The third kappa shape index (κ3) is 4.75. The molecule has 3 nitrogen and oxygen atoms in total. The maximum Gasteiger partial charge on any atom is 0.0138 e. The van der Waals surface area contributed by atoms with Gasteiger partial charge in [-0.2, -0.15) is 0 Å². The Morgan fingerprint density at radius 3 is 2.19 bits per heavy atom. The third-order valence-corrected chi connectivity index (χ3v) is 2.90. The summed E-state index contributed by atoms with van der Waals surface area (Å²) in [5.74, 6) is 5.25. The molecule has 0 aromatic heterocycles. The molecule has 0 radical (unpaired) electrons. The van der Waals surface area contributed by atoms with Crippen molar-refractivity contribution in [2.45, 2.75) is 19.8 Å². The van der Waals surface area contributed by atoms with Crippen LogP contribution in [0.25, 0.3) is 0 Å². The Morgan fingerprint density at radius 2 is 1.69 bits per heavy atom. The Labute approximate surface area is 98.6 Å². The van der Waals surface area contributed by atoms with E-state index in [1.54, 1.807) is 0 Å². The summed E-state index contributed by atoms with van der Waals surface area (Å²) >= 11 is 0. The van der Waals surface area contributed by atoms with Gasteiger partial charge in [-0.3, -0.25) is 11.3 Å².